The van der Waals surface area contributed by atoms with Gasteiger partial charge in [0.25, 0.3) is 0 Å². The van der Waals surface area contributed by atoms with Crippen LogP contribution in [0.4, 0.5) is 0 Å². The third-order valence-corrected chi connectivity index (χ3v) is 4.54. The lowest BCUT2D eigenvalue weighted by Gasteiger charge is -2.34. The largest absolute Gasteiger partial charge is 0.395 e. The second-order valence-electron chi connectivity index (χ2n) is 4.90. The standard InChI is InChI=1S/C12H24N2O3S/c1-3-6-13(8-9-15)10-12-5-4-7-14(11-12)18(2,16)17/h3,12,15H,1,4-11H2,2H3/t12-/m0/s1. The predicted octanol–water partition coefficient (Wildman–Crippen LogP) is 0.138. The van der Waals surface area contributed by atoms with E-state index in [-0.39, 0.29) is 6.61 Å². The lowest BCUT2D eigenvalue weighted by Crippen LogP contribution is -2.43. The van der Waals surface area contributed by atoms with E-state index in [9.17, 15) is 8.42 Å². The molecule has 1 rings (SSSR count). The van der Waals surface area contributed by atoms with Crippen molar-refractivity contribution in [1.82, 2.24) is 9.21 Å². The molecule has 0 amide bonds. The number of nitrogens with zero attached hydrogens (tertiary/aromatic N) is 2. The molecule has 1 saturated heterocycles. The Morgan fingerprint density at radius 2 is 2.28 bits per heavy atom. The van der Waals surface area contributed by atoms with Gasteiger partial charge in [0.15, 0.2) is 0 Å². The van der Waals surface area contributed by atoms with Crippen molar-refractivity contribution in [2.45, 2.75) is 12.8 Å². The van der Waals surface area contributed by atoms with E-state index < -0.39 is 10.0 Å². The lowest BCUT2D eigenvalue weighted by molar-refractivity contribution is 0.159. The monoisotopic (exact) mass is 276 g/mol. The molecule has 1 aliphatic rings. The van der Waals surface area contributed by atoms with Crippen molar-refractivity contribution in [2.75, 3.05) is 45.6 Å². The first-order valence-electron chi connectivity index (χ1n) is 6.36. The fourth-order valence-corrected chi connectivity index (χ4v) is 3.37. The molecule has 0 aromatic carbocycles. The maximum atomic E-state index is 11.5. The lowest BCUT2D eigenvalue weighted by atomic mass is 9.99. The van der Waals surface area contributed by atoms with Crippen LogP contribution in [0.25, 0.3) is 0 Å². The van der Waals surface area contributed by atoms with E-state index >= 15 is 0 Å². The second-order valence-corrected chi connectivity index (χ2v) is 6.88. The van der Waals surface area contributed by atoms with Gasteiger partial charge in [-0.05, 0) is 18.8 Å². The zero-order chi connectivity index (χ0) is 13.6. The van der Waals surface area contributed by atoms with Crippen LogP contribution >= 0.6 is 0 Å². The van der Waals surface area contributed by atoms with Crippen LogP contribution < -0.4 is 0 Å². The van der Waals surface area contributed by atoms with E-state index in [4.69, 9.17) is 5.11 Å². The van der Waals surface area contributed by atoms with Crippen molar-refractivity contribution in [3.8, 4) is 0 Å². The highest BCUT2D eigenvalue weighted by Gasteiger charge is 2.26. The summed E-state index contributed by atoms with van der Waals surface area (Å²) in [6.07, 6.45) is 5.04. The molecule has 0 aromatic rings. The average Bonchev–Trinajstić information content (AvgIpc) is 2.29. The van der Waals surface area contributed by atoms with Gasteiger partial charge < -0.3 is 5.11 Å². The van der Waals surface area contributed by atoms with Crippen molar-refractivity contribution >= 4 is 10.0 Å². The highest BCUT2D eigenvalue weighted by Crippen LogP contribution is 2.19. The maximum absolute atomic E-state index is 11.5. The van der Waals surface area contributed by atoms with Gasteiger partial charge in [0, 0.05) is 32.7 Å². The van der Waals surface area contributed by atoms with Gasteiger partial charge >= 0.3 is 0 Å². The second kappa shape index (κ2) is 7.23. The molecule has 18 heavy (non-hydrogen) atoms. The topological polar surface area (TPSA) is 60.9 Å². The van der Waals surface area contributed by atoms with Crippen molar-refractivity contribution in [1.29, 1.82) is 0 Å². The Morgan fingerprint density at radius 1 is 1.56 bits per heavy atom. The minimum absolute atomic E-state index is 0.121. The van der Waals surface area contributed by atoms with Crippen LogP contribution in [0.2, 0.25) is 0 Å². The zero-order valence-electron chi connectivity index (χ0n) is 11.1. The molecule has 1 fully saturated rings. The number of sulfonamides is 1. The van der Waals surface area contributed by atoms with Gasteiger partial charge in [-0.1, -0.05) is 6.08 Å². The van der Waals surface area contributed by atoms with E-state index in [0.717, 1.165) is 25.9 Å². The van der Waals surface area contributed by atoms with Crippen LogP contribution in [0.1, 0.15) is 12.8 Å². The summed E-state index contributed by atoms with van der Waals surface area (Å²) in [4.78, 5) is 2.11. The highest BCUT2D eigenvalue weighted by molar-refractivity contribution is 7.88. The molecule has 0 unspecified atom stereocenters. The number of rotatable bonds is 7. The summed E-state index contributed by atoms with van der Waals surface area (Å²) in [5, 5.41) is 8.99. The van der Waals surface area contributed by atoms with Gasteiger partial charge in [0.1, 0.15) is 0 Å². The molecule has 0 bridgehead atoms. The summed E-state index contributed by atoms with van der Waals surface area (Å²) in [5.74, 6) is 0.347. The van der Waals surface area contributed by atoms with Gasteiger partial charge in [-0.15, -0.1) is 6.58 Å². The Kier molecular flexibility index (Phi) is 6.28. The normalized spacial score (nSPS) is 22.3. The first-order valence-corrected chi connectivity index (χ1v) is 8.21. The quantitative estimate of drug-likeness (QED) is 0.672. The van der Waals surface area contributed by atoms with Gasteiger partial charge in [-0.2, -0.15) is 0 Å². The Hall–Kier alpha value is -0.430. The molecule has 0 radical (unpaired) electrons. The number of aliphatic hydroxyl groups excluding tert-OH is 1. The summed E-state index contributed by atoms with van der Waals surface area (Å²) in [6, 6.07) is 0. The van der Waals surface area contributed by atoms with Crippen molar-refractivity contribution < 1.29 is 13.5 Å². The molecule has 6 heteroatoms. The van der Waals surface area contributed by atoms with Crippen molar-refractivity contribution in [2.24, 2.45) is 5.92 Å². The minimum atomic E-state index is -3.07. The number of piperidine rings is 1. The van der Waals surface area contributed by atoms with E-state index in [2.05, 4.69) is 11.5 Å². The molecular formula is C12H24N2O3S. The average molecular weight is 276 g/mol. The van der Waals surface area contributed by atoms with Gasteiger partial charge in [0.05, 0.1) is 12.9 Å². The third kappa shape index (κ3) is 5.06. The smallest absolute Gasteiger partial charge is 0.211 e. The van der Waals surface area contributed by atoms with Crippen LogP contribution in [0.15, 0.2) is 12.7 Å². The van der Waals surface area contributed by atoms with Gasteiger partial charge in [-0.3, -0.25) is 4.90 Å². The Balaban J connectivity index is 2.52. The Labute approximate surface area is 110 Å². The molecule has 1 heterocycles. The van der Waals surface area contributed by atoms with E-state index in [1.165, 1.54) is 6.26 Å². The SMILES string of the molecule is C=CCN(CCO)C[C@@H]1CCCN(S(C)(=O)=O)C1. The summed E-state index contributed by atoms with van der Waals surface area (Å²) in [6.45, 7) is 7.22. The molecule has 5 nitrogen and oxygen atoms in total. The van der Waals surface area contributed by atoms with E-state index in [0.29, 0.717) is 25.6 Å². The van der Waals surface area contributed by atoms with Crippen LogP contribution in [-0.4, -0.2) is 68.3 Å². The Morgan fingerprint density at radius 3 is 2.83 bits per heavy atom. The maximum Gasteiger partial charge on any atom is 0.211 e. The van der Waals surface area contributed by atoms with Crippen LogP contribution in [0.3, 0.4) is 0 Å². The van der Waals surface area contributed by atoms with Gasteiger partial charge in [-0.25, -0.2) is 12.7 Å². The fourth-order valence-electron chi connectivity index (χ4n) is 2.42. The summed E-state index contributed by atoms with van der Waals surface area (Å²) in [5.41, 5.74) is 0. The zero-order valence-corrected chi connectivity index (χ0v) is 11.9. The molecule has 1 N–H and O–H groups in total. The molecule has 1 atom stereocenters. The Bertz CT molecular complexity index is 356. The van der Waals surface area contributed by atoms with Crippen molar-refractivity contribution in [3.63, 3.8) is 0 Å². The molecule has 1 aliphatic heterocycles. The highest BCUT2D eigenvalue weighted by atomic mass is 32.2. The van der Waals surface area contributed by atoms with Crippen LogP contribution in [0.5, 0.6) is 0 Å². The van der Waals surface area contributed by atoms with Crippen LogP contribution in [-0.2, 0) is 10.0 Å². The minimum Gasteiger partial charge on any atom is -0.395 e. The number of hydrogen-bond acceptors (Lipinski definition) is 4. The summed E-state index contributed by atoms with van der Waals surface area (Å²) in [7, 11) is -3.07. The first-order chi connectivity index (χ1) is 8.47. The molecule has 0 aromatic heterocycles. The van der Waals surface area contributed by atoms with E-state index in [1.54, 1.807) is 4.31 Å². The third-order valence-electron chi connectivity index (χ3n) is 3.27. The predicted molar refractivity (Wildman–Crippen MR) is 72.9 cm³/mol. The molecule has 0 saturated carbocycles. The van der Waals surface area contributed by atoms with Crippen LogP contribution in [0, 0.1) is 5.92 Å². The van der Waals surface area contributed by atoms with E-state index in [1.807, 2.05) is 6.08 Å². The number of aliphatic hydroxyl groups is 1. The fraction of sp³-hybridized carbons (Fsp3) is 0.833. The molecule has 0 spiro atoms. The summed E-state index contributed by atoms with van der Waals surface area (Å²) < 4.78 is 24.6. The first kappa shape index (κ1) is 15.6. The summed E-state index contributed by atoms with van der Waals surface area (Å²) >= 11 is 0. The number of hydrogen-bond donors (Lipinski definition) is 1. The molecule has 0 aliphatic carbocycles. The molecular weight excluding hydrogens is 252 g/mol. The van der Waals surface area contributed by atoms with Gasteiger partial charge in [0.2, 0.25) is 10.0 Å². The van der Waals surface area contributed by atoms with Crippen molar-refractivity contribution in [3.05, 3.63) is 12.7 Å². The molecule has 106 valence electrons.